The first-order valence-corrected chi connectivity index (χ1v) is 10.9. The molecule has 1 aromatic heterocycles. The lowest BCUT2D eigenvalue weighted by molar-refractivity contribution is -0.116. The molecule has 0 saturated carbocycles. The number of phenolic OH excluding ortho intramolecular Hbond substituents is 1. The standard InChI is InChI=1S/C26H23ClN2O3/c1-2-3-11-23(31)28-26-24(17-12-14-19(27)15-13-17)29-25(32-26)22-10-5-4-9-21(22)18-7-6-8-20(30)16-18/h4-10,12-16,30H,2-3,11H2,1H3,(H,28,31). The summed E-state index contributed by atoms with van der Waals surface area (Å²) in [6.45, 7) is 2.04. The Balaban J connectivity index is 1.80. The summed E-state index contributed by atoms with van der Waals surface area (Å²) in [5.41, 5.74) is 3.76. The van der Waals surface area contributed by atoms with Crippen molar-refractivity contribution in [2.75, 3.05) is 5.32 Å². The monoisotopic (exact) mass is 446 g/mol. The molecule has 4 rings (SSSR count). The van der Waals surface area contributed by atoms with E-state index in [0.717, 1.165) is 35.1 Å². The fraction of sp³-hybridized carbons (Fsp3) is 0.154. The summed E-state index contributed by atoms with van der Waals surface area (Å²) in [5.74, 6) is 0.732. The second-order valence-electron chi connectivity index (χ2n) is 7.45. The number of aromatic hydroxyl groups is 1. The van der Waals surface area contributed by atoms with Crippen molar-refractivity contribution in [3.8, 4) is 39.6 Å². The molecule has 5 nitrogen and oxygen atoms in total. The summed E-state index contributed by atoms with van der Waals surface area (Å²) in [7, 11) is 0. The number of anilines is 1. The van der Waals surface area contributed by atoms with E-state index in [1.54, 1.807) is 30.3 Å². The van der Waals surface area contributed by atoms with Crippen molar-refractivity contribution in [1.82, 2.24) is 4.98 Å². The zero-order chi connectivity index (χ0) is 22.5. The quantitative estimate of drug-likeness (QED) is 0.315. The van der Waals surface area contributed by atoms with Crippen molar-refractivity contribution in [3.05, 3.63) is 77.8 Å². The summed E-state index contributed by atoms with van der Waals surface area (Å²) < 4.78 is 6.09. The molecule has 0 radical (unpaired) electrons. The SMILES string of the molecule is CCCCC(=O)Nc1oc(-c2ccccc2-c2cccc(O)c2)nc1-c1ccc(Cl)cc1. The van der Waals surface area contributed by atoms with Crippen LogP contribution < -0.4 is 5.32 Å². The van der Waals surface area contributed by atoms with Gasteiger partial charge in [-0.3, -0.25) is 10.1 Å². The first kappa shape index (κ1) is 21.7. The molecule has 0 aliphatic rings. The van der Waals surface area contributed by atoms with Crippen molar-refractivity contribution in [3.63, 3.8) is 0 Å². The maximum Gasteiger partial charge on any atom is 0.229 e. The van der Waals surface area contributed by atoms with Gasteiger partial charge in [0.05, 0.1) is 0 Å². The molecule has 162 valence electrons. The van der Waals surface area contributed by atoms with Gasteiger partial charge in [-0.1, -0.05) is 67.4 Å². The Bertz CT molecular complexity index is 1230. The number of phenols is 1. The number of benzene rings is 3. The van der Waals surface area contributed by atoms with E-state index in [-0.39, 0.29) is 11.7 Å². The van der Waals surface area contributed by atoms with Crippen LogP contribution in [0.25, 0.3) is 33.8 Å². The third kappa shape index (κ3) is 4.84. The number of carbonyl (C=O) groups is 1. The predicted molar refractivity (Wildman–Crippen MR) is 128 cm³/mol. The van der Waals surface area contributed by atoms with Crippen molar-refractivity contribution in [2.45, 2.75) is 26.2 Å². The second-order valence-corrected chi connectivity index (χ2v) is 7.89. The lowest BCUT2D eigenvalue weighted by Gasteiger charge is -2.07. The number of unbranched alkanes of at least 4 members (excludes halogenated alkanes) is 1. The Morgan fingerprint density at radius 3 is 2.47 bits per heavy atom. The average molecular weight is 447 g/mol. The summed E-state index contributed by atoms with van der Waals surface area (Å²) >= 11 is 6.05. The molecule has 2 N–H and O–H groups in total. The van der Waals surface area contributed by atoms with Crippen molar-refractivity contribution in [2.24, 2.45) is 0 Å². The van der Waals surface area contributed by atoms with E-state index in [4.69, 9.17) is 21.0 Å². The van der Waals surface area contributed by atoms with Gasteiger partial charge < -0.3 is 9.52 Å². The largest absolute Gasteiger partial charge is 0.508 e. The minimum atomic E-state index is -0.119. The van der Waals surface area contributed by atoms with Gasteiger partial charge in [0.2, 0.25) is 17.7 Å². The topological polar surface area (TPSA) is 75.4 Å². The van der Waals surface area contributed by atoms with Crippen molar-refractivity contribution < 1.29 is 14.3 Å². The molecule has 4 aromatic rings. The van der Waals surface area contributed by atoms with Crippen LogP contribution in [-0.4, -0.2) is 16.0 Å². The van der Waals surface area contributed by atoms with Gasteiger partial charge >= 0.3 is 0 Å². The number of nitrogens with zero attached hydrogens (tertiary/aromatic N) is 1. The average Bonchev–Trinajstić information content (AvgIpc) is 3.21. The number of aromatic nitrogens is 1. The maximum absolute atomic E-state index is 12.4. The summed E-state index contributed by atoms with van der Waals surface area (Å²) in [6, 6.07) is 21.9. The molecule has 0 aliphatic heterocycles. The Hall–Kier alpha value is -3.57. The highest BCUT2D eigenvalue weighted by molar-refractivity contribution is 6.30. The number of amides is 1. The smallest absolute Gasteiger partial charge is 0.229 e. The molecular formula is C26H23ClN2O3. The molecule has 32 heavy (non-hydrogen) atoms. The van der Waals surface area contributed by atoms with E-state index >= 15 is 0 Å². The Kier molecular flexibility index (Phi) is 6.57. The number of halogens is 1. The molecule has 0 aliphatic carbocycles. The predicted octanol–water partition coefficient (Wildman–Crippen LogP) is 7.16. The van der Waals surface area contributed by atoms with Crippen LogP contribution in [0.1, 0.15) is 26.2 Å². The Morgan fingerprint density at radius 2 is 1.75 bits per heavy atom. The lowest BCUT2D eigenvalue weighted by Crippen LogP contribution is -2.11. The number of oxazole rings is 1. The first-order valence-electron chi connectivity index (χ1n) is 10.5. The Labute approximate surface area is 191 Å². The van der Waals surface area contributed by atoms with Crippen LogP contribution in [0.4, 0.5) is 5.88 Å². The van der Waals surface area contributed by atoms with Crippen molar-refractivity contribution in [1.29, 1.82) is 0 Å². The number of rotatable bonds is 7. The minimum absolute atomic E-state index is 0.119. The van der Waals surface area contributed by atoms with Gasteiger partial charge in [0.15, 0.2) is 0 Å². The molecule has 6 heteroatoms. The van der Waals surface area contributed by atoms with Gasteiger partial charge in [-0.2, -0.15) is 0 Å². The molecule has 1 heterocycles. The number of hydrogen-bond donors (Lipinski definition) is 2. The van der Waals surface area contributed by atoms with E-state index in [2.05, 4.69) is 5.32 Å². The lowest BCUT2D eigenvalue weighted by atomic mass is 9.99. The van der Waals surface area contributed by atoms with Crippen LogP contribution in [0.5, 0.6) is 5.75 Å². The van der Waals surface area contributed by atoms with Gasteiger partial charge in [-0.25, -0.2) is 4.98 Å². The molecule has 0 unspecified atom stereocenters. The van der Waals surface area contributed by atoms with E-state index < -0.39 is 0 Å². The second kappa shape index (κ2) is 9.71. The van der Waals surface area contributed by atoms with E-state index in [1.807, 2.05) is 49.4 Å². The summed E-state index contributed by atoms with van der Waals surface area (Å²) in [5, 5.41) is 13.4. The van der Waals surface area contributed by atoms with Gasteiger partial charge in [-0.15, -0.1) is 0 Å². The van der Waals surface area contributed by atoms with Crippen LogP contribution in [-0.2, 0) is 4.79 Å². The number of hydrogen-bond acceptors (Lipinski definition) is 4. The number of carbonyl (C=O) groups excluding carboxylic acids is 1. The van der Waals surface area contributed by atoms with Crippen LogP contribution in [0, 0.1) is 0 Å². The van der Waals surface area contributed by atoms with Crippen LogP contribution in [0.2, 0.25) is 5.02 Å². The fourth-order valence-electron chi connectivity index (χ4n) is 3.44. The molecular weight excluding hydrogens is 424 g/mol. The zero-order valence-electron chi connectivity index (χ0n) is 17.6. The minimum Gasteiger partial charge on any atom is -0.508 e. The zero-order valence-corrected chi connectivity index (χ0v) is 18.4. The van der Waals surface area contributed by atoms with Crippen LogP contribution in [0.3, 0.4) is 0 Å². The van der Waals surface area contributed by atoms with Crippen LogP contribution >= 0.6 is 11.6 Å². The fourth-order valence-corrected chi connectivity index (χ4v) is 3.57. The normalized spacial score (nSPS) is 10.8. The summed E-state index contributed by atoms with van der Waals surface area (Å²) in [4.78, 5) is 17.2. The molecule has 0 saturated heterocycles. The molecule has 0 fully saturated rings. The highest BCUT2D eigenvalue weighted by Gasteiger charge is 2.20. The van der Waals surface area contributed by atoms with Gasteiger partial charge in [0.25, 0.3) is 0 Å². The molecule has 0 bridgehead atoms. The molecule has 3 aromatic carbocycles. The third-order valence-electron chi connectivity index (χ3n) is 5.07. The van der Waals surface area contributed by atoms with E-state index in [0.29, 0.717) is 28.9 Å². The number of nitrogens with one attached hydrogen (secondary N) is 1. The highest BCUT2D eigenvalue weighted by Crippen LogP contribution is 2.38. The molecule has 1 amide bonds. The van der Waals surface area contributed by atoms with Gasteiger partial charge in [-0.05, 0) is 47.9 Å². The summed E-state index contributed by atoms with van der Waals surface area (Å²) in [6.07, 6.45) is 2.13. The van der Waals surface area contributed by atoms with E-state index in [9.17, 15) is 9.90 Å². The van der Waals surface area contributed by atoms with E-state index in [1.165, 1.54) is 0 Å². The maximum atomic E-state index is 12.4. The molecule has 0 atom stereocenters. The van der Waals surface area contributed by atoms with Crippen molar-refractivity contribution >= 4 is 23.4 Å². The Morgan fingerprint density at radius 1 is 1.00 bits per heavy atom. The van der Waals surface area contributed by atoms with Crippen LogP contribution in [0.15, 0.2) is 77.2 Å². The molecule has 0 spiro atoms. The van der Waals surface area contributed by atoms with Gasteiger partial charge in [0.1, 0.15) is 11.4 Å². The van der Waals surface area contributed by atoms with Gasteiger partial charge in [0, 0.05) is 22.6 Å². The third-order valence-corrected chi connectivity index (χ3v) is 5.32. The first-order chi connectivity index (χ1) is 15.5. The highest BCUT2D eigenvalue weighted by atomic mass is 35.5.